The first-order valence-corrected chi connectivity index (χ1v) is 9.65. The average molecular weight is 428 g/mol. The highest BCUT2D eigenvalue weighted by Gasteiger charge is 2.08. The highest BCUT2D eigenvalue weighted by molar-refractivity contribution is 9.10. The summed E-state index contributed by atoms with van der Waals surface area (Å²) in [6.45, 7) is 3.15. The molecule has 1 N–H and O–H groups in total. The molecule has 0 aliphatic carbocycles. The second-order valence-corrected chi connectivity index (χ2v) is 7.23. The number of amides is 1. The maximum absolute atomic E-state index is 12.2. The number of carbonyl (C=O) groups excluding carboxylic acids is 1. The Morgan fingerprint density at radius 1 is 1.11 bits per heavy atom. The SMILES string of the molecule is Cc1ccc(OCCCC(=O)Nc2ccnn2Cc2ccc(Br)cc2)cc1. The van der Waals surface area contributed by atoms with Crippen molar-refractivity contribution in [1.29, 1.82) is 0 Å². The van der Waals surface area contributed by atoms with E-state index in [0.29, 0.717) is 31.8 Å². The maximum atomic E-state index is 12.2. The van der Waals surface area contributed by atoms with Gasteiger partial charge in [-0.2, -0.15) is 5.10 Å². The van der Waals surface area contributed by atoms with Crippen LogP contribution in [-0.2, 0) is 11.3 Å². The molecule has 6 heteroatoms. The highest BCUT2D eigenvalue weighted by Crippen LogP contribution is 2.15. The number of aromatic nitrogens is 2. The Labute approximate surface area is 167 Å². The third kappa shape index (κ3) is 5.96. The van der Waals surface area contributed by atoms with E-state index in [1.54, 1.807) is 16.9 Å². The van der Waals surface area contributed by atoms with Crippen molar-refractivity contribution in [1.82, 2.24) is 9.78 Å². The molecule has 0 unspecified atom stereocenters. The Morgan fingerprint density at radius 2 is 1.85 bits per heavy atom. The van der Waals surface area contributed by atoms with Gasteiger partial charge in [0, 0.05) is 17.0 Å². The van der Waals surface area contributed by atoms with Crippen LogP contribution in [0.25, 0.3) is 0 Å². The minimum atomic E-state index is -0.0416. The van der Waals surface area contributed by atoms with E-state index in [-0.39, 0.29) is 5.91 Å². The summed E-state index contributed by atoms with van der Waals surface area (Å²) in [5, 5.41) is 7.22. The molecule has 5 nitrogen and oxygen atoms in total. The smallest absolute Gasteiger partial charge is 0.225 e. The first-order valence-electron chi connectivity index (χ1n) is 8.86. The molecule has 1 heterocycles. The van der Waals surface area contributed by atoms with Crippen LogP contribution in [0.1, 0.15) is 24.0 Å². The van der Waals surface area contributed by atoms with Crippen molar-refractivity contribution in [2.24, 2.45) is 0 Å². The van der Waals surface area contributed by atoms with Crippen molar-refractivity contribution in [3.8, 4) is 5.75 Å². The summed E-state index contributed by atoms with van der Waals surface area (Å²) < 4.78 is 8.47. The van der Waals surface area contributed by atoms with Crippen molar-refractivity contribution >= 4 is 27.7 Å². The zero-order chi connectivity index (χ0) is 19.1. The first kappa shape index (κ1) is 19.2. The number of halogens is 1. The van der Waals surface area contributed by atoms with Gasteiger partial charge >= 0.3 is 0 Å². The number of nitrogens with zero attached hydrogens (tertiary/aromatic N) is 2. The minimum absolute atomic E-state index is 0.0416. The summed E-state index contributed by atoms with van der Waals surface area (Å²) in [6.07, 6.45) is 2.74. The van der Waals surface area contributed by atoms with Crippen LogP contribution in [0.3, 0.4) is 0 Å². The lowest BCUT2D eigenvalue weighted by atomic mass is 10.2. The molecule has 0 spiro atoms. The molecule has 0 fully saturated rings. The quantitative estimate of drug-likeness (QED) is 0.525. The van der Waals surface area contributed by atoms with Gasteiger partial charge in [0.1, 0.15) is 11.6 Å². The van der Waals surface area contributed by atoms with Crippen LogP contribution in [0, 0.1) is 6.92 Å². The van der Waals surface area contributed by atoms with Gasteiger partial charge in [-0.1, -0.05) is 45.8 Å². The molecular formula is C21H22BrN3O2. The topological polar surface area (TPSA) is 56.1 Å². The number of hydrogen-bond acceptors (Lipinski definition) is 3. The Kier molecular flexibility index (Phi) is 6.65. The van der Waals surface area contributed by atoms with Gasteiger partial charge in [-0.15, -0.1) is 0 Å². The van der Waals surface area contributed by atoms with E-state index in [0.717, 1.165) is 15.8 Å². The molecule has 0 atom stereocenters. The normalized spacial score (nSPS) is 10.6. The van der Waals surface area contributed by atoms with Crippen molar-refractivity contribution in [3.05, 3.63) is 76.4 Å². The van der Waals surface area contributed by atoms with Crippen LogP contribution in [0.15, 0.2) is 65.3 Å². The standard InChI is InChI=1S/C21H22BrN3O2/c1-16-4-10-19(11-5-16)27-14-2-3-21(26)24-20-12-13-23-25(20)15-17-6-8-18(22)9-7-17/h4-13H,2-3,14-15H2,1H3,(H,24,26). The minimum Gasteiger partial charge on any atom is -0.494 e. The fourth-order valence-corrected chi connectivity index (χ4v) is 2.85. The van der Waals surface area contributed by atoms with Gasteiger partial charge in [-0.05, 0) is 43.2 Å². The molecule has 0 saturated heterocycles. The molecule has 3 rings (SSSR count). The first-order chi connectivity index (χ1) is 13.1. The number of aryl methyl sites for hydroxylation is 1. The second-order valence-electron chi connectivity index (χ2n) is 6.31. The van der Waals surface area contributed by atoms with Crippen LogP contribution in [-0.4, -0.2) is 22.3 Å². The monoisotopic (exact) mass is 427 g/mol. The van der Waals surface area contributed by atoms with Crippen molar-refractivity contribution in [3.63, 3.8) is 0 Å². The van der Waals surface area contributed by atoms with Crippen LogP contribution < -0.4 is 10.1 Å². The number of rotatable bonds is 8. The maximum Gasteiger partial charge on any atom is 0.225 e. The van der Waals surface area contributed by atoms with Gasteiger partial charge in [-0.25, -0.2) is 4.68 Å². The van der Waals surface area contributed by atoms with E-state index in [1.807, 2.05) is 55.5 Å². The fraction of sp³-hybridized carbons (Fsp3) is 0.238. The zero-order valence-corrected chi connectivity index (χ0v) is 16.8. The van der Waals surface area contributed by atoms with Gasteiger partial charge in [0.15, 0.2) is 0 Å². The Hall–Kier alpha value is -2.60. The molecule has 0 aliphatic rings. The number of carbonyl (C=O) groups is 1. The lowest BCUT2D eigenvalue weighted by Gasteiger charge is -2.10. The molecule has 2 aromatic carbocycles. The number of nitrogens with one attached hydrogen (secondary N) is 1. The fourth-order valence-electron chi connectivity index (χ4n) is 2.59. The number of hydrogen-bond donors (Lipinski definition) is 1. The lowest BCUT2D eigenvalue weighted by molar-refractivity contribution is -0.116. The van der Waals surface area contributed by atoms with Crippen LogP contribution in [0.4, 0.5) is 5.82 Å². The molecule has 0 bridgehead atoms. The molecule has 0 saturated carbocycles. The van der Waals surface area contributed by atoms with E-state index in [4.69, 9.17) is 4.74 Å². The largest absolute Gasteiger partial charge is 0.494 e. The number of benzene rings is 2. The molecular weight excluding hydrogens is 406 g/mol. The molecule has 0 radical (unpaired) electrons. The predicted molar refractivity (Wildman–Crippen MR) is 110 cm³/mol. The summed E-state index contributed by atoms with van der Waals surface area (Å²) in [4.78, 5) is 12.2. The van der Waals surface area contributed by atoms with Gasteiger partial charge < -0.3 is 10.1 Å². The Morgan fingerprint density at radius 3 is 2.59 bits per heavy atom. The molecule has 140 valence electrons. The molecule has 1 aromatic heterocycles. The Balaban J connectivity index is 1.45. The van der Waals surface area contributed by atoms with Crippen LogP contribution in [0.2, 0.25) is 0 Å². The third-order valence-corrected chi connectivity index (χ3v) is 4.60. The summed E-state index contributed by atoms with van der Waals surface area (Å²) in [6, 6.07) is 17.7. The summed E-state index contributed by atoms with van der Waals surface area (Å²) in [7, 11) is 0. The van der Waals surface area contributed by atoms with Crippen molar-refractivity contribution < 1.29 is 9.53 Å². The van der Waals surface area contributed by atoms with E-state index in [1.165, 1.54) is 5.56 Å². The Bertz CT molecular complexity index is 873. The van der Waals surface area contributed by atoms with Crippen molar-refractivity contribution in [2.75, 3.05) is 11.9 Å². The van der Waals surface area contributed by atoms with Gasteiger partial charge in [0.25, 0.3) is 0 Å². The number of anilines is 1. The van der Waals surface area contributed by atoms with E-state index in [9.17, 15) is 4.79 Å². The molecule has 27 heavy (non-hydrogen) atoms. The third-order valence-electron chi connectivity index (χ3n) is 4.07. The van der Waals surface area contributed by atoms with Gasteiger partial charge in [0.2, 0.25) is 5.91 Å². The van der Waals surface area contributed by atoms with E-state index < -0.39 is 0 Å². The lowest BCUT2D eigenvalue weighted by Crippen LogP contribution is -2.16. The zero-order valence-electron chi connectivity index (χ0n) is 15.2. The van der Waals surface area contributed by atoms with Gasteiger partial charge in [0.05, 0.1) is 19.3 Å². The molecule has 1 amide bonds. The molecule has 3 aromatic rings. The van der Waals surface area contributed by atoms with Crippen LogP contribution >= 0.6 is 15.9 Å². The summed E-state index contributed by atoms with van der Waals surface area (Å²) in [5.74, 6) is 1.48. The van der Waals surface area contributed by atoms with E-state index in [2.05, 4.69) is 26.3 Å². The average Bonchev–Trinajstić information content (AvgIpc) is 3.09. The van der Waals surface area contributed by atoms with E-state index >= 15 is 0 Å². The highest BCUT2D eigenvalue weighted by atomic mass is 79.9. The van der Waals surface area contributed by atoms with Gasteiger partial charge in [-0.3, -0.25) is 4.79 Å². The summed E-state index contributed by atoms with van der Waals surface area (Å²) in [5.41, 5.74) is 2.31. The van der Waals surface area contributed by atoms with Crippen LogP contribution in [0.5, 0.6) is 5.75 Å². The second kappa shape index (κ2) is 9.37. The number of ether oxygens (including phenoxy) is 1. The van der Waals surface area contributed by atoms with Crippen molar-refractivity contribution in [2.45, 2.75) is 26.3 Å². The molecule has 0 aliphatic heterocycles. The summed E-state index contributed by atoms with van der Waals surface area (Å²) >= 11 is 3.43. The predicted octanol–water partition coefficient (Wildman–Crippen LogP) is 4.80.